The first-order valence-corrected chi connectivity index (χ1v) is 10.8. The molecule has 0 aromatic heterocycles. The molecule has 6 nitrogen and oxygen atoms in total. The minimum absolute atomic E-state index is 0.209. The number of methoxy groups -OCH3 is 2. The Morgan fingerprint density at radius 3 is 2.30 bits per heavy atom. The molecule has 3 aromatic rings. The number of carbonyl (C=O) groups excluding carboxylic acids is 2. The number of nitrogens with zero attached hydrogens (tertiary/aromatic N) is 1. The molecule has 0 aliphatic rings. The molecule has 1 atom stereocenters. The molecule has 0 radical (unpaired) electrons. The summed E-state index contributed by atoms with van der Waals surface area (Å²) in [5, 5.41) is 3.43. The Morgan fingerprint density at radius 2 is 1.67 bits per heavy atom. The van der Waals surface area contributed by atoms with Crippen LogP contribution >= 0.6 is 11.6 Å². The predicted molar refractivity (Wildman–Crippen MR) is 129 cm³/mol. The second kappa shape index (κ2) is 11.4. The van der Waals surface area contributed by atoms with Gasteiger partial charge in [0.15, 0.2) is 0 Å². The quantitative estimate of drug-likeness (QED) is 0.509. The van der Waals surface area contributed by atoms with Gasteiger partial charge in [-0.05, 0) is 42.0 Å². The van der Waals surface area contributed by atoms with E-state index in [1.807, 2.05) is 42.5 Å². The fourth-order valence-electron chi connectivity index (χ4n) is 3.47. The van der Waals surface area contributed by atoms with Crippen LogP contribution in [-0.4, -0.2) is 44.0 Å². The molecule has 0 aliphatic heterocycles. The fraction of sp³-hybridized carbons (Fsp3) is 0.231. The van der Waals surface area contributed by atoms with Gasteiger partial charge in [0.05, 0.1) is 14.2 Å². The molecular formula is C26H27ClN2O4. The van der Waals surface area contributed by atoms with Gasteiger partial charge < -0.3 is 19.7 Å². The smallest absolute Gasteiger partial charge is 0.251 e. The Bertz CT molecular complexity index is 1090. The summed E-state index contributed by atoms with van der Waals surface area (Å²) in [7, 11) is 4.87. The lowest BCUT2D eigenvalue weighted by molar-refractivity contribution is -0.132. The zero-order chi connectivity index (χ0) is 23.8. The average Bonchev–Trinajstić information content (AvgIpc) is 2.84. The summed E-state index contributed by atoms with van der Waals surface area (Å²) in [6.45, 7) is 0.314. The molecule has 3 rings (SSSR count). The first-order valence-electron chi connectivity index (χ1n) is 10.5. The summed E-state index contributed by atoms with van der Waals surface area (Å²) in [4.78, 5) is 27.9. The minimum atomic E-state index is -0.746. The lowest BCUT2D eigenvalue weighted by Gasteiger charge is -2.25. The van der Waals surface area contributed by atoms with E-state index in [2.05, 4.69) is 5.32 Å². The van der Waals surface area contributed by atoms with Crippen molar-refractivity contribution in [2.75, 3.05) is 21.3 Å². The van der Waals surface area contributed by atoms with Crippen molar-refractivity contribution in [1.29, 1.82) is 0 Å². The molecule has 0 bridgehead atoms. The molecule has 0 aliphatic carbocycles. The van der Waals surface area contributed by atoms with Crippen molar-refractivity contribution in [1.82, 2.24) is 10.2 Å². The summed E-state index contributed by atoms with van der Waals surface area (Å²) < 4.78 is 10.7. The van der Waals surface area contributed by atoms with Crippen LogP contribution in [0.3, 0.4) is 0 Å². The van der Waals surface area contributed by atoms with Crippen molar-refractivity contribution in [2.24, 2.45) is 0 Å². The first kappa shape index (κ1) is 24.1. The van der Waals surface area contributed by atoms with Crippen molar-refractivity contribution >= 4 is 23.4 Å². The van der Waals surface area contributed by atoms with E-state index in [-0.39, 0.29) is 11.8 Å². The van der Waals surface area contributed by atoms with E-state index >= 15 is 0 Å². The van der Waals surface area contributed by atoms with Crippen LogP contribution in [0.25, 0.3) is 0 Å². The predicted octanol–water partition coefficient (Wildman–Crippen LogP) is 4.36. The molecule has 1 unspecified atom stereocenters. The maximum absolute atomic E-state index is 13.4. The number of ether oxygens (including phenoxy) is 2. The normalized spacial score (nSPS) is 11.4. The zero-order valence-corrected chi connectivity index (χ0v) is 19.6. The number of halogens is 1. The maximum atomic E-state index is 13.4. The summed E-state index contributed by atoms with van der Waals surface area (Å²) in [5.41, 5.74) is 2.21. The molecule has 172 valence electrons. The van der Waals surface area contributed by atoms with Crippen LogP contribution in [0.1, 0.15) is 21.5 Å². The van der Waals surface area contributed by atoms with Crippen molar-refractivity contribution in [3.63, 3.8) is 0 Å². The third-order valence-corrected chi connectivity index (χ3v) is 5.52. The van der Waals surface area contributed by atoms with Gasteiger partial charge in [-0.2, -0.15) is 0 Å². The Kier molecular flexibility index (Phi) is 8.33. The largest absolute Gasteiger partial charge is 0.497 e. The highest BCUT2D eigenvalue weighted by Crippen LogP contribution is 2.25. The number of nitrogens with one attached hydrogen (secondary N) is 1. The van der Waals surface area contributed by atoms with E-state index in [9.17, 15) is 9.59 Å². The summed E-state index contributed by atoms with van der Waals surface area (Å²) >= 11 is 5.93. The topological polar surface area (TPSA) is 67.9 Å². The van der Waals surface area contributed by atoms with Gasteiger partial charge in [0.2, 0.25) is 5.91 Å². The number of benzene rings is 3. The molecule has 7 heteroatoms. The molecular weight excluding hydrogens is 440 g/mol. The second-order valence-electron chi connectivity index (χ2n) is 7.59. The summed E-state index contributed by atoms with van der Waals surface area (Å²) in [5.74, 6) is 0.746. The average molecular weight is 467 g/mol. The van der Waals surface area contributed by atoms with Crippen molar-refractivity contribution in [3.05, 3.63) is 94.5 Å². The molecule has 0 saturated heterocycles. The molecule has 0 heterocycles. The van der Waals surface area contributed by atoms with Crippen molar-refractivity contribution in [3.8, 4) is 11.5 Å². The highest BCUT2D eigenvalue weighted by Gasteiger charge is 2.25. The van der Waals surface area contributed by atoms with E-state index < -0.39 is 6.04 Å². The first-order chi connectivity index (χ1) is 15.9. The molecule has 1 N–H and O–H groups in total. The van der Waals surface area contributed by atoms with Gasteiger partial charge in [0, 0.05) is 42.2 Å². The Hall–Kier alpha value is -3.51. The fourth-order valence-corrected chi connectivity index (χ4v) is 3.60. The van der Waals surface area contributed by atoms with Crippen LogP contribution in [0.2, 0.25) is 5.02 Å². The lowest BCUT2D eigenvalue weighted by Crippen LogP contribution is -2.48. The molecule has 3 aromatic carbocycles. The third-order valence-electron chi connectivity index (χ3n) is 5.27. The maximum Gasteiger partial charge on any atom is 0.251 e. The van der Waals surface area contributed by atoms with Crippen LogP contribution in [0.5, 0.6) is 11.5 Å². The van der Waals surface area contributed by atoms with Gasteiger partial charge in [-0.25, -0.2) is 0 Å². The molecule has 0 saturated carbocycles. The molecule has 0 fully saturated rings. The minimum Gasteiger partial charge on any atom is -0.497 e. The Labute approximate surface area is 199 Å². The number of carbonyl (C=O) groups is 2. The van der Waals surface area contributed by atoms with E-state index in [0.29, 0.717) is 35.1 Å². The van der Waals surface area contributed by atoms with Gasteiger partial charge in [-0.15, -0.1) is 0 Å². The standard InChI is InChI=1S/C26H27ClN2O4/c1-29(17-20-11-14-22(32-2)16-24(20)33-3)26(31)23(15-18-7-5-4-6-8-18)28-25(30)19-9-12-21(27)13-10-19/h4-14,16,23H,15,17H2,1-3H3,(H,28,30). The van der Waals surface area contributed by atoms with Crippen LogP contribution in [0.4, 0.5) is 0 Å². The number of hydrogen-bond acceptors (Lipinski definition) is 4. The van der Waals surface area contributed by atoms with Gasteiger partial charge in [-0.1, -0.05) is 41.9 Å². The zero-order valence-electron chi connectivity index (χ0n) is 18.9. The van der Waals surface area contributed by atoms with E-state index in [4.69, 9.17) is 21.1 Å². The third kappa shape index (κ3) is 6.49. The monoisotopic (exact) mass is 466 g/mol. The van der Waals surface area contributed by atoms with Crippen molar-refractivity contribution < 1.29 is 19.1 Å². The Balaban J connectivity index is 1.80. The van der Waals surface area contributed by atoms with Gasteiger partial charge in [0.25, 0.3) is 5.91 Å². The Morgan fingerprint density at radius 1 is 0.970 bits per heavy atom. The SMILES string of the molecule is COc1ccc(CN(C)C(=O)C(Cc2ccccc2)NC(=O)c2ccc(Cl)cc2)c(OC)c1. The number of hydrogen-bond donors (Lipinski definition) is 1. The molecule has 33 heavy (non-hydrogen) atoms. The highest BCUT2D eigenvalue weighted by molar-refractivity contribution is 6.30. The number of rotatable bonds is 9. The van der Waals surface area contributed by atoms with Crippen LogP contribution in [0, 0.1) is 0 Å². The van der Waals surface area contributed by atoms with Crippen molar-refractivity contribution in [2.45, 2.75) is 19.0 Å². The molecule has 0 spiro atoms. The van der Waals surface area contributed by atoms with Crippen LogP contribution < -0.4 is 14.8 Å². The number of likely N-dealkylation sites (N-methyl/N-ethyl adjacent to an activating group) is 1. The second-order valence-corrected chi connectivity index (χ2v) is 8.03. The van der Waals surface area contributed by atoms with Gasteiger partial charge in [0.1, 0.15) is 17.5 Å². The van der Waals surface area contributed by atoms with Crippen LogP contribution in [-0.2, 0) is 17.8 Å². The van der Waals surface area contributed by atoms with E-state index in [1.54, 1.807) is 56.5 Å². The highest BCUT2D eigenvalue weighted by atomic mass is 35.5. The van der Waals surface area contributed by atoms with Gasteiger partial charge in [-0.3, -0.25) is 9.59 Å². The summed E-state index contributed by atoms with van der Waals surface area (Å²) in [6.07, 6.45) is 0.364. The number of amides is 2. The summed E-state index contributed by atoms with van der Waals surface area (Å²) in [6, 6.07) is 20.9. The van der Waals surface area contributed by atoms with E-state index in [0.717, 1.165) is 11.1 Å². The van der Waals surface area contributed by atoms with E-state index in [1.165, 1.54) is 0 Å². The lowest BCUT2D eigenvalue weighted by atomic mass is 10.0. The van der Waals surface area contributed by atoms with Crippen LogP contribution in [0.15, 0.2) is 72.8 Å². The van der Waals surface area contributed by atoms with Gasteiger partial charge >= 0.3 is 0 Å². The molecule has 2 amide bonds.